The topological polar surface area (TPSA) is 64.8 Å². The van der Waals surface area contributed by atoms with Gasteiger partial charge in [0.05, 0.1) is 5.22 Å². The van der Waals surface area contributed by atoms with E-state index in [1.165, 1.54) is 0 Å². The molecule has 0 N–H and O–H groups in total. The molecule has 2 aliphatic rings. The van der Waals surface area contributed by atoms with Gasteiger partial charge in [0, 0.05) is 29.7 Å². The minimum absolute atomic E-state index is 0. The molecular formula is C16H18Cl2N2O4. The number of ether oxygens (including phenoxy) is 2. The highest BCUT2D eigenvalue weighted by Gasteiger charge is 2.34. The first-order chi connectivity index (χ1) is 10.4. The van der Waals surface area contributed by atoms with Crippen LogP contribution in [-0.2, 0) is 9.47 Å². The van der Waals surface area contributed by atoms with Gasteiger partial charge in [-0.1, -0.05) is 0 Å². The largest absolute Gasteiger partial charge is 0.752 e. The first kappa shape index (κ1) is 20.0. The Bertz CT molecular complexity index is 851. The number of hydrogen-bond donors (Lipinski definition) is 0. The molecule has 0 aromatic heterocycles. The summed E-state index contributed by atoms with van der Waals surface area (Å²) in [6.45, 7) is 6.91. The van der Waals surface area contributed by atoms with Crippen molar-refractivity contribution in [2.45, 2.75) is 27.7 Å². The van der Waals surface area contributed by atoms with Gasteiger partial charge in [0.25, 0.3) is 5.70 Å². The molecule has 130 valence electrons. The summed E-state index contributed by atoms with van der Waals surface area (Å²) < 4.78 is 11.7. The number of hydrogen-bond acceptors (Lipinski definition) is 5. The Morgan fingerprint density at radius 1 is 0.917 bits per heavy atom. The predicted molar refractivity (Wildman–Crippen MR) is 94.8 cm³/mol. The normalized spacial score (nSPS) is 16.9. The highest BCUT2D eigenvalue weighted by molar-refractivity contribution is 5.85. The zero-order valence-corrected chi connectivity index (χ0v) is 15.3. The van der Waals surface area contributed by atoms with E-state index in [-0.39, 0.29) is 36.6 Å². The smallest absolute Gasteiger partial charge is 0.435 e. The summed E-state index contributed by atoms with van der Waals surface area (Å²) in [7, 11) is 0. The SMILES string of the molecule is CC1=C(C)N([O-])C(=c2ccc(=C3OC(C)=C(C)[N+]3=O)cc2)O1.Cl.Cl. The van der Waals surface area contributed by atoms with Gasteiger partial charge in [-0.15, -0.1) is 24.8 Å². The van der Waals surface area contributed by atoms with Gasteiger partial charge >= 0.3 is 5.88 Å². The average Bonchev–Trinajstić information content (AvgIpc) is 2.92. The number of rotatable bonds is 0. The molecule has 0 bridgehead atoms. The molecule has 0 saturated heterocycles. The Morgan fingerprint density at radius 3 is 1.88 bits per heavy atom. The minimum atomic E-state index is 0. The first-order valence-electron chi connectivity index (χ1n) is 6.90. The van der Waals surface area contributed by atoms with Gasteiger partial charge in [-0.25, -0.2) is 0 Å². The van der Waals surface area contributed by atoms with Crippen LogP contribution in [0.1, 0.15) is 27.7 Å². The fourth-order valence-electron chi connectivity index (χ4n) is 2.22. The van der Waals surface area contributed by atoms with Crippen molar-refractivity contribution in [1.82, 2.24) is 5.06 Å². The van der Waals surface area contributed by atoms with Gasteiger partial charge in [-0.05, 0) is 38.1 Å². The van der Waals surface area contributed by atoms with Crippen molar-refractivity contribution >= 4 is 36.6 Å². The van der Waals surface area contributed by atoms with E-state index in [9.17, 15) is 10.1 Å². The van der Waals surface area contributed by atoms with Gasteiger partial charge in [-0.2, -0.15) is 0 Å². The predicted octanol–water partition coefficient (Wildman–Crippen LogP) is 2.80. The molecule has 0 aliphatic carbocycles. The van der Waals surface area contributed by atoms with Crippen molar-refractivity contribution < 1.29 is 14.2 Å². The summed E-state index contributed by atoms with van der Waals surface area (Å²) >= 11 is 0. The maximum absolute atomic E-state index is 12.0. The number of nitroso groups, excluding NO2 is 1. The molecule has 8 heteroatoms. The summed E-state index contributed by atoms with van der Waals surface area (Å²) in [6.07, 6.45) is 0. The molecule has 6 nitrogen and oxygen atoms in total. The van der Waals surface area contributed by atoms with Crippen molar-refractivity contribution in [3.8, 4) is 0 Å². The van der Waals surface area contributed by atoms with E-state index in [2.05, 4.69) is 0 Å². The number of allylic oxidation sites excluding steroid dienone is 4. The molecule has 2 aliphatic heterocycles. The zero-order chi connectivity index (χ0) is 16.0. The lowest BCUT2D eigenvalue weighted by molar-refractivity contribution is -0.408. The average molecular weight is 373 g/mol. The van der Waals surface area contributed by atoms with E-state index >= 15 is 0 Å². The van der Waals surface area contributed by atoms with E-state index in [1.54, 1.807) is 52.0 Å². The van der Waals surface area contributed by atoms with E-state index < -0.39 is 0 Å². The molecule has 0 radical (unpaired) electrons. The Balaban J connectivity index is 0.00000144. The van der Waals surface area contributed by atoms with Crippen molar-refractivity contribution in [3.63, 3.8) is 0 Å². The van der Waals surface area contributed by atoms with Crippen LogP contribution in [0.2, 0.25) is 0 Å². The lowest BCUT2D eigenvalue weighted by atomic mass is 10.2. The second kappa shape index (κ2) is 7.25. The molecule has 0 atom stereocenters. The molecule has 0 amide bonds. The quantitative estimate of drug-likeness (QED) is 0.655. The Hall–Kier alpha value is -2.02. The third-order valence-electron chi connectivity index (χ3n) is 3.88. The number of nitrogens with zero attached hydrogens (tertiary/aromatic N) is 2. The molecule has 1 aromatic rings. The van der Waals surface area contributed by atoms with Gasteiger partial charge in [-0.3, -0.25) is 0 Å². The fraction of sp³-hybridized carbons (Fsp3) is 0.250. The fourth-order valence-corrected chi connectivity index (χ4v) is 2.22. The second-order valence-electron chi connectivity index (χ2n) is 5.26. The maximum atomic E-state index is 12.0. The van der Waals surface area contributed by atoms with Crippen molar-refractivity contribution in [2.24, 2.45) is 0 Å². The highest BCUT2D eigenvalue weighted by Crippen LogP contribution is 2.26. The van der Waals surface area contributed by atoms with Crippen LogP contribution in [0.15, 0.2) is 47.2 Å². The number of benzene rings is 1. The van der Waals surface area contributed by atoms with Gasteiger partial charge in [0.2, 0.25) is 0 Å². The highest BCUT2D eigenvalue weighted by atomic mass is 35.5. The molecule has 0 saturated carbocycles. The second-order valence-corrected chi connectivity index (χ2v) is 5.26. The molecule has 0 spiro atoms. The standard InChI is InChI=1S/C16H16N2O4.2ClH/c1-9-11(3)21-15(17(9)19)13-5-7-14(8-6-13)16-18(20)10(2)12(4)22-16;;/h5-8H,1-4H3;2*1H. The van der Waals surface area contributed by atoms with E-state index in [0.29, 0.717) is 33.3 Å². The molecule has 24 heavy (non-hydrogen) atoms. The zero-order valence-electron chi connectivity index (χ0n) is 13.7. The molecule has 2 heterocycles. The summed E-state index contributed by atoms with van der Waals surface area (Å²) in [5.74, 6) is 1.65. The van der Waals surface area contributed by atoms with Crippen LogP contribution in [0.5, 0.6) is 0 Å². The van der Waals surface area contributed by atoms with Crippen molar-refractivity contribution in [2.75, 3.05) is 0 Å². The minimum Gasteiger partial charge on any atom is -0.752 e. The Labute approximate surface area is 151 Å². The summed E-state index contributed by atoms with van der Waals surface area (Å²) in [6, 6.07) is 6.92. The molecule has 0 unspecified atom stereocenters. The lowest BCUT2D eigenvalue weighted by Gasteiger charge is -2.24. The van der Waals surface area contributed by atoms with Crippen LogP contribution in [0.4, 0.5) is 0 Å². The summed E-state index contributed by atoms with van der Waals surface area (Å²) in [5.41, 5.74) is 1.07. The molecular weight excluding hydrogens is 355 g/mol. The third-order valence-corrected chi connectivity index (χ3v) is 3.88. The van der Waals surface area contributed by atoms with E-state index in [1.807, 2.05) is 0 Å². The van der Waals surface area contributed by atoms with Crippen LogP contribution in [0.3, 0.4) is 0 Å². The number of hydroxylamine groups is 2. The van der Waals surface area contributed by atoms with Crippen LogP contribution in [0.25, 0.3) is 11.8 Å². The van der Waals surface area contributed by atoms with Crippen LogP contribution < -0.4 is 10.4 Å². The van der Waals surface area contributed by atoms with E-state index in [4.69, 9.17) is 9.47 Å². The van der Waals surface area contributed by atoms with Crippen LogP contribution in [-0.4, -0.2) is 9.82 Å². The van der Waals surface area contributed by atoms with Crippen molar-refractivity contribution in [3.05, 3.63) is 67.7 Å². The lowest BCUT2D eigenvalue weighted by Crippen LogP contribution is -2.20. The van der Waals surface area contributed by atoms with Crippen molar-refractivity contribution in [1.29, 1.82) is 0 Å². The third kappa shape index (κ3) is 3.13. The monoisotopic (exact) mass is 372 g/mol. The van der Waals surface area contributed by atoms with Gasteiger partial charge in [0.1, 0.15) is 10.5 Å². The summed E-state index contributed by atoms with van der Waals surface area (Å²) in [4.78, 5) is 12.0. The molecule has 3 rings (SSSR count). The Kier molecular flexibility index (Phi) is 6.05. The first-order valence-corrected chi connectivity index (χ1v) is 6.90. The Morgan fingerprint density at radius 2 is 1.46 bits per heavy atom. The van der Waals surface area contributed by atoms with E-state index in [0.717, 1.165) is 9.82 Å². The number of halogens is 2. The summed E-state index contributed by atoms with van der Waals surface area (Å²) in [5, 5.41) is 14.1. The molecule has 0 fully saturated rings. The molecule has 1 aromatic carbocycles. The maximum Gasteiger partial charge on any atom is 0.435 e. The van der Waals surface area contributed by atoms with Crippen LogP contribution >= 0.6 is 24.8 Å². The van der Waals surface area contributed by atoms with Gasteiger partial charge in [0.15, 0.2) is 11.6 Å². The van der Waals surface area contributed by atoms with Crippen LogP contribution in [0, 0.1) is 10.1 Å². The van der Waals surface area contributed by atoms with Gasteiger partial charge < -0.3 is 19.7 Å².